The van der Waals surface area contributed by atoms with Gasteiger partial charge in [0, 0.05) is 135 Å². The van der Waals surface area contributed by atoms with E-state index < -0.39 is 135 Å². The number of hydrogen-bond donors (Lipinski definition) is 10. The maximum atomic E-state index is 13.6. The Kier molecular flexibility index (Phi) is 38.3. The van der Waals surface area contributed by atoms with Gasteiger partial charge in [0.05, 0.1) is 57.4 Å². The fourth-order valence-electron chi connectivity index (χ4n) is 13.7. The molecule has 0 aromatic heterocycles. The van der Waals surface area contributed by atoms with Gasteiger partial charge in [0.25, 0.3) is 0 Å². The Bertz CT molecular complexity index is 4640. The molecule has 5 aromatic carbocycles. The highest BCUT2D eigenvalue weighted by Crippen LogP contribution is 2.39. The van der Waals surface area contributed by atoms with Crippen LogP contribution in [0.2, 0.25) is 0 Å². The van der Waals surface area contributed by atoms with Gasteiger partial charge in [-0.25, -0.2) is 31.5 Å². The zero-order valence-corrected chi connectivity index (χ0v) is 70.2. The van der Waals surface area contributed by atoms with E-state index in [9.17, 15) is 121 Å². The Morgan fingerprint density at radius 2 is 0.654 bits per heavy atom. The number of guanidine groups is 3. The smallest absolute Gasteiger partial charge is 0.370 e. The van der Waals surface area contributed by atoms with Gasteiger partial charge in [-0.1, -0.05) is 20.8 Å². The number of rotatable bonds is 15. The van der Waals surface area contributed by atoms with Crippen LogP contribution in [0.15, 0.2) is 101 Å². The number of nitrogens with two attached hydrogens (primary N) is 2. The molecule has 127 heavy (non-hydrogen) atoms. The molecule has 25 nitrogen and oxygen atoms in total. The Labute approximate surface area is 719 Å². The average molecular weight is 1830 g/mol. The van der Waals surface area contributed by atoms with E-state index in [4.69, 9.17) is 16.9 Å². The summed E-state index contributed by atoms with van der Waals surface area (Å²) in [5.74, 6) is -10.0. The minimum Gasteiger partial charge on any atom is -0.370 e. The molecule has 0 radical (unpaired) electrons. The lowest BCUT2D eigenvalue weighted by Gasteiger charge is -2.35. The minimum absolute atomic E-state index is 0.00903. The first kappa shape index (κ1) is 104. The number of urea groups is 2. The van der Waals surface area contributed by atoms with Crippen molar-refractivity contribution >= 4 is 87.9 Å². The van der Waals surface area contributed by atoms with Gasteiger partial charge in [-0.3, -0.25) is 39.4 Å². The molecule has 9 amide bonds. The number of hydrogen-bond acceptors (Lipinski definition) is 10. The highest BCUT2D eigenvalue weighted by Gasteiger charge is 2.41. The Morgan fingerprint density at radius 1 is 0.409 bits per heavy atom. The summed E-state index contributed by atoms with van der Waals surface area (Å²) < 4.78 is 256. The second-order valence-corrected chi connectivity index (χ2v) is 30.8. The van der Waals surface area contributed by atoms with Gasteiger partial charge in [0.15, 0.2) is 17.9 Å². The van der Waals surface area contributed by atoms with Gasteiger partial charge >= 0.3 is 42.9 Å². The molecule has 5 atom stereocenters. The molecule has 5 saturated heterocycles. The van der Waals surface area contributed by atoms with Crippen molar-refractivity contribution < 1.29 is 121 Å². The van der Waals surface area contributed by atoms with Crippen LogP contribution in [0, 0.1) is 70.0 Å². The van der Waals surface area contributed by atoms with E-state index >= 15 is 0 Å². The van der Waals surface area contributed by atoms with E-state index in [2.05, 4.69) is 47.2 Å². The summed E-state index contributed by atoms with van der Waals surface area (Å²) in [6.45, 7) is 14.0. The van der Waals surface area contributed by atoms with E-state index in [1.807, 2.05) is 30.6 Å². The van der Waals surface area contributed by atoms with Crippen molar-refractivity contribution in [3.63, 3.8) is 0 Å². The number of nitrogens with one attached hydrogen (secondary N) is 8. The molecule has 0 bridgehead atoms. The standard InChI is InChI=1S/C18H24F4N4O.C17H22F4N4O.C16H20F4N4O.C16H19F4N3O2.C15H17F4N3O2/c1-11(2)9-24-17(23)26-7-3-4-12(10-26)16(27)25-13-5-6-14(15(19)8-13)18(20,21)22;1-2-7-23-16(22)25-8-3-4-11(10-25)15(26)24-12-5-6-13(14(18)9-12)17(19,20)21;1-23(2)15(21)24-7-3-4-10(9-24)14(25)22-11-5-6-12(13(17)8-11)16(18,19)20;1-2-21-15(25)23-7-3-4-10(9-23)14(24)22-11-5-6-12(13(17)8-11)16(18,19)20;1-20-14(24)22-6-2-3-9(8-22)13(23)21-10-4-5-11(12(16)7-10)15(17,18)19/h5-6,8,11-12H,3-4,7,9-10H2,1-2H3,(H2,23,24)(H,25,27);5-6,9,11H,2-4,7-8,10H2,1H3,(H2,22,23)(H,24,26);5-6,8,10,21H,3-4,7,9H2,1-2H3,(H,22,25);5-6,8,10H,2-4,7,9H2,1H3,(H,21,25)(H,22,24);4-5,7,9H,2-3,6,8H2,1H3,(H,20,24)(H,21,23)/t12-;11-;2*10-;9-/m00000/s1. The van der Waals surface area contributed by atoms with Gasteiger partial charge in [0.1, 0.15) is 29.1 Å². The number of halogens is 20. The minimum atomic E-state index is -4.79. The molecule has 5 aromatic rings. The maximum Gasteiger partial charge on any atom is 0.419 e. The van der Waals surface area contributed by atoms with E-state index in [0.29, 0.717) is 195 Å². The summed E-state index contributed by atoms with van der Waals surface area (Å²) in [6, 6.07) is 10.9. The van der Waals surface area contributed by atoms with Crippen molar-refractivity contribution in [1.29, 1.82) is 5.41 Å². The SMILES string of the molecule is CC(C)CN=C(N)N1CCC[C@H](C(=O)Nc2ccc(C(F)(F)F)c(F)c2)C1.CCCN=C(N)N1CCC[C@H](C(=O)Nc2ccc(C(F)(F)F)c(F)c2)C1.CCNC(=O)N1CCC[C@H](C(=O)Nc2ccc(C(F)(F)F)c(F)c2)C1.CN(C)C(=N)N1CCC[C@H](C(=O)Nc2ccc(C(F)(F)F)c(F)c2)C1.CNC(=O)N1CCC[C@H](C(=O)Nc2ccc(C(F)(F)F)c(F)c2)C1. The van der Waals surface area contributed by atoms with Crippen molar-refractivity contribution in [3.8, 4) is 0 Å². The van der Waals surface area contributed by atoms with Crippen LogP contribution in [0.25, 0.3) is 0 Å². The van der Waals surface area contributed by atoms with Gasteiger partial charge in [0.2, 0.25) is 29.5 Å². The summed E-state index contributed by atoms with van der Waals surface area (Å²) in [4.78, 5) is 104. The normalized spacial score (nSPS) is 18.3. The number of likely N-dealkylation sites (tertiary alicyclic amines) is 5. The van der Waals surface area contributed by atoms with Crippen LogP contribution in [-0.4, -0.2) is 195 Å². The first-order valence-electron chi connectivity index (χ1n) is 40.3. The van der Waals surface area contributed by atoms with E-state index in [1.165, 1.54) is 16.8 Å². The number of carbonyl (C=O) groups excluding carboxylic acids is 7. The number of alkyl halides is 15. The number of piperidine rings is 5. The molecule has 0 unspecified atom stereocenters. The van der Waals surface area contributed by atoms with Crippen LogP contribution >= 0.6 is 0 Å². The molecule has 0 aliphatic carbocycles. The number of benzene rings is 5. The summed E-state index contributed by atoms with van der Waals surface area (Å²) in [7, 11) is 4.95. The summed E-state index contributed by atoms with van der Waals surface area (Å²) >= 11 is 0. The van der Waals surface area contributed by atoms with Gasteiger partial charge in [-0.2, -0.15) is 65.9 Å². The first-order valence-corrected chi connectivity index (χ1v) is 40.3. The second kappa shape index (κ2) is 46.7. The molecule has 5 fully saturated rings. The molecule has 12 N–H and O–H groups in total. The van der Waals surface area contributed by atoms with E-state index in [-0.39, 0.29) is 71.4 Å². The first-order chi connectivity index (χ1) is 59.3. The molecule has 0 saturated carbocycles. The lowest BCUT2D eigenvalue weighted by atomic mass is 9.97. The molecular weight excluding hydrogens is 1730 g/mol. The van der Waals surface area contributed by atoms with Crippen LogP contribution in [-0.2, 0) is 54.9 Å². The third kappa shape index (κ3) is 32.3. The Hall–Kier alpha value is -11.6. The van der Waals surface area contributed by atoms with Crippen LogP contribution in [0.1, 0.15) is 126 Å². The van der Waals surface area contributed by atoms with Crippen LogP contribution in [0.5, 0.6) is 0 Å². The van der Waals surface area contributed by atoms with Gasteiger partial charge in [-0.15, -0.1) is 0 Å². The van der Waals surface area contributed by atoms with Crippen LogP contribution in [0.3, 0.4) is 0 Å². The van der Waals surface area contributed by atoms with Gasteiger partial charge in [-0.05, 0) is 174 Å². The zero-order chi connectivity index (χ0) is 94.8. The molecule has 5 heterocycles. The number of carbonyl (C=O) groups is 7. The lowest BCUT2D eigenvalue weighted by molar-refractivity contribution is -0.140. The van der Waals surface area contributed by atoms with Gasteiger partial charge < -0.3 is 78.1 Å². The number of anilines is 5. The quantitative estimate of drug-likeness (QED) is 0.0265. The van der Waals surface area contributed by atoms with Crippen molar-refractivity contribution in [1.82, 2.24) is 40.0 Å². The molecule has 10 rings (SSSR count). The molecule has 5 aliphatic rings. The summed E-state index contributed by atoms with van der Waals surface area (Å²) in [5, 5.41) is 25.3. The number of aliphatic imine (C=N–C) groups is 2. The van der Waals surface area contributed by atoms with Crippen molar-refractivity contribution in [2.75, 3.05) is 133 Å². The summed E-state index contributed by atoms with van der Waals surface area (Å²) in [6.07, 6.45) is -16.7. The monoisotopic (exact) mass is 1830 g/mol. The zero-order valence-electron chi connectivity index (χ0n) is 70.2. The average Bonchev–Trinajstić information content (AvgIpc) is 0.830. The second-order valence-electron chi connectivity index (χ2n) is 30.8. The number of amides is 9. The van der Waals surface area contributed by atoms with Crippen molar-refractivity contribution in [3.05, 3.63) is 148 Å². The predicted octanol–water partition coefficient (Wildman–Crippen LogP) is 15.7. The maximum absolute atomic E-state index is 13.6. The fraction of sp³-hybridized carbons (Fsp3) is 0.512. The highest BCUT2D eigenvalue weighted by molar-refractivity contribution is 5.96. The number of nitrogens with zero attached hydrogens (tertiary/aromatic N) is 8. The van der Waals surface area contributed by atoms with Crippen LogP contribution < -0.4 is 48.7 Å². The third-order valence-corrected chi connectivity index (χ3v) is 20.3. The Balaban J connectivity index is 0.000000245. The van der Waals surface area contributed by atoms with Crippen LogP contribution in [0.4, 0.5) is 126 Å². The van der Waals surface area contributed by atoms with E-state index in [0.717, 1.165) is 56.0 Å². The molecule has 0 spiro atoms. The fourth-order valence-corrected chi connectivity index (χ4v) is 13.7. The highest BCUT2D eigenvalue weighted by atomic mass is 19.4. The van der Waals surface area contributed by atoms with Crippen molar-refractivity contribution in [2.24, 2.45) is 57.0 Å². The molecule has 45 heteroatoms. The third-order valence-electron chi connectivity index (χ3n) is 20.3. The van der Waals surface area contributed by atoms with Crippen molar-refractivity contribution in [2.45, 2.75) is 129 Å². The van der Waals surface area contributed by atoms with E-state index in [1.54, 1.807) is 30.8 Å². The molecular formula is C82H102F20N18O7. The Morgan fingerprint density at radius 3 is 0.890 bits per heavy atom. The predicted molar refractivity (Wildman–Crippen MR) is 435 cm³/mol. The largest absolute Gasteiger partial charge is 0.419 e. The topological polar surface area (TPSA) is 324 Å². The summed E-state index contributed by atoms with van der Waals surface area (Å²) in [5.41, 5.74) is 4.89. The lowest BCUT2D eigenvalue weighted by Crippen LogP contribution is -2.47. The molecule has 5 aliphatic heterocycles. The molecule has 702 valence electrons.